The first kappa shape index (κ1) is 16.5. The lowest BCUT2D eigenvalue weighted by Gasteiger charge is -2.43. The zero-order valence-corrected chi connectivity index (χ0v) is 14.7. The van der Waals surface area contributed by atoms with Gasteiger partial charge in [0.2, 0.25) is 0 Å². The van der Waals surface area contributed by atoms with Crippen LogP contribution in [0, 0.1) is 0 Å². The number of fused-ring (bicyclic) bond motifs is 1. The molecule has 6 heteroatoms. The Kier molecular flexibility index (Phi) is 5.02. The van der Waals surface area contributed by atoms with E-state index >= 15 is 0 Å². The van der Waals surface area contributed by atoms with Gasteiger partial charge in [0, 0.05) is 25.3 Å². The molecule has 1 amide bonds. The first-order valence-corrected chi connectivity index (χ1v) is 9.36. The number of benzene rings is 1. The lowest BCUT2D eigenvalue weighted by molar-refractivity contribution is -0.00197. The fourth-order valence-electron chi connectivity index (χ4n) is 3.16. The minimum absolute atomic E-state index is 0.0224. The Bertz CT molecular complexity index is 581. The summed E-state index contributed by atoms with van der Waals surface area (Å²) < 4.78 is 11.3. The van der Waals surface area contributed by atoms with E-state index < -0.39 is 0 Å². The molecular weight excluding hydrogens is 312 g/mol. The molecule has 1 fully saturated rings. The molecule has 1 N–H and O–H groups in total. The standard InChI is InChI=1S/C17H24N2O3S/c1-4-21-15-10-12(16(15)23-3)18-17(20)11-5-6-14-13(9-11)19(2)7-8-22-14/h5-6,9,12,15-16H,4,7-8,10H2,1-3H3,(H,18,20)/t12-,15-,16+/m1/s1. The summed E-state index contributed by atoms with van der Waals surface area (Å²) in [5.41, 5.74) is 1.66. The van der Waals surface area contributed by atoms with Crippen LogP contribution in [0.2, 0.25) is 0 Å². The molecule has 1 aromatic carbocycles. The summed E-state index contributed by atoms with van der Waals surface area (Å²) in [6.07, 6.45) is 3.21. The van der Waals surface area contributed by atoms with E-state index in [9.17, 15) is 4.79 Å². The van der Waals surface area contributed by atoms with Crippen LogP contribution in [-0.2, 0) is 4.74 Å². The van der Waals surface area contributed by atoms with Crippen LogP contribution in [0.25, 0.3) is 0 Å². The smallest absolute Gasteiger partial charge is 0.251 e. The second-order valence-electron chi connectivity index (χ2n) is 5.96. The van der Waals surface area contributed by atoms with Crippen LogP contribution in [-0.4, -0.2) is 56.4 Å². The van der Waals surface area contributed by atoms with Crippen LogP contribution in [0.15, 0.2) is 18.2 Å². The molecule has 0 aromatic heterocycles. The van der Waals surface area contributed by atoms with Crippen LogP contribution < -0.4 is 15.0 Å². The van der Waals surface area contributed by atoms with Gasteiger partial charge in [-0.25, -0.2) is 0 Å². The summed E-state index contributed by atoms with van der Waals surface area (Å²) in [5, 5.41) is 3.48. The van der Waals surface area contributed by atoms with Crippen LogP contribution >= 0.6 is 11.8 Å². The molecule has 5 nitrogen and oxygen atoms in total. The Morgan fingerprint density at radius 2 is 2.35 bits per heavy atom. The predicted octanol–water partition coefficient (Wildman–Crippen LogP) is 2.15. The average molecular weight is 336 g/mol. The number of rotatable bonds is 5. The van der Waals surface area contributed by atoms with Crippen molar-refractivity contribution < 1.29 is 14.3 Å². The molecule has 1 heterocycles. The fraction of sp³-hybridized carbons (Fsp3) is 0.588. The van der Waals surface area contributed by atoms with E-state index in [4.69, 9.17) is 9.47 Å². The molecule has 23 heavy (non-hydrogen) atoms. The number of nitrogens with zero attached hydrogens (tertiary/aromatic N) is 1. The van der Waals surface area contributed by atoms with Crippen LogP contribution in [0.3, 0.4) is 0 Å². The molecule has 0 unspecified atom stereocenters. The van der Waals surface area contributed by atoms with Gasteiger partial charge < -0.3 is 19.7 Å². The van der Waals surface area contributed by atoms with Crippen molar-refractivity contribution in [3.8, 4) is 5.75 Å². The van der Waals surface area contributed by atoms with Crippen LogP contribution in [0.5, 0.6) is 5.75 Å². The van der Waals surface area contributed by atoms with Crippen molar-refractivity contribution in [2.24, 2.45) is 0 Å². The molecule has 3 rings (SSSR count). The highest BCUT2D eigenvalue weighted by Crippen LogP contribution is 2.34. The van der Waals surface area contributed by atoms with Gasteiger partial charge >= 0.3 is 0 Å². The minimum Gasteiger partial charge on any atom is -0.490 e. The summed E-state index contributed by atoms with van der Waals surface area (Å²) in [4.78, 5) is 14.7. The molecule has 1 saturated carbocycles. The number of likely N-dealkylation sites (N-methyl/N-ethyl adjacent to an activating group) is 1. The molecule has 0 saturated heterocycles. The number of hydrogen-bond donors (Lipinski definition) is 1. The van der Waals surface area contributed by atoms with Crippen molar-refractivity contribution in [3.05, 3.63) is 23.8 Å². The number of amides is 1. The van der Waals surface area contributed by atoms with Gasteiger partial charge in [0.1, 0.15) is 12.4 Å². The SMILES string of the molecule is CCO[C@@H]1C[C@@H](NC(=O)c2ccc3c(c2)N(C)CCO3)[C@@H]1SC. The summed E-state index contributed by atoms with van der Waals surface area (Å²) in [7, 11) is 2.02. The quantitative estimate of drug-likeness (QED) is 0.893. The predicted molar refractivity (Wildman–Crippen MR) is 93.8 cm³/mol. The summed E-state index contributed by atoms with van der Waals surface area (Å²) in [5.74, 6) is 0.822. The van der Waals surface area contributed by atoms with E-state index in [2.05, 4.69) is 16.5 Å². The van der Waals surface area contributed by atoms with Crippen molar-refractivity contribution in [2.45, 2.75) is 30.7 Å². The van der Waals surface area contributed by atoms with Crippen molar-refractivity contribution >= 4 is 23.4 Å². The lowest BCUT2D eigenvalue weighted by atomic mass is 9.88. The van der Waals surface area contributed by atoms with Gasteiger partial charge in [-0.15, -0.1) is 0 Å². The summed E-state index contributed by atoms with van der Waals surface area (Å²) in [6, 6.07) is 5.81. The molecular formula is C17H24N2O3S. The fourth-order valence-corrected chi connectivity index (χ4v) is 4.16. The number of anilines is 1. The van der Waals surface area contributed by atoms with E-state index in [1.807, 2.05) is 32.2 Å². The van der Waals surface area contributed by atoms with Gasteiger partial charge in [-0.3, -0.25) is 4.79 Å². The van der Waals surface area contributed by atoms with Crippen LogP contribution in [0.1, 0.15) is 23.7 Å². The molecule has 0 bridgehead atoms. The van der Waals surface area contributed by atoms with Crippen LogP contribution in [0.4, 0.5) is 5.69 Å². The van der Waals surface area contributed by atoms with E-state index in [0.29, 0.717) is 17.4 Å². The van der Waals surface area contributed by atoms with Gasteiger partial charge in [-0.05, 0) is 37.8 Å². The number of hydrogen-bond acceptors (Lipinski definition) is 5. The van der Waals surface area contributed by atoms with Crippen molar-refractivity contribution in [2.75, 3.05) is 38.0 Å². The summed E-state index contributed by atoms with van der Waals surface area (Å²) in [6.45, 7) is 4.26. The number of carbonyl (C=O) groups excluding carboxylic acids is 1. The van der Waals surface area contributed by atoms with Gasteiger partial charge in [-0.1, -0.05) is 0 Å². The monoisotopic (exact) mass is 336 g/mol. The topological polar surface area (TPSA) is 50.8 Å². The molecule has 1 aliphatic carbocycles. The minimum atomic E-state index is -0.0224. The Labute approximate surface area is 141 Å². The second kappa shape index (κ2) is 7.01. The van der Waals surface area contributed by atoms with Crippen molar-refractivity contribution in [3.63, 3.8) is 0 Å². The third kappa shape index (κ3) is 3.28. The zero-order chi connectivity index (χ0) is 16.4. The van der Waals surface area contributed by atoms with Crippen molar-refractivity contribution in [1.29, 1.82) is 0 Å². The molecule has 126 valence electrons. The van der Waals surface area contributed by atoms with E-state index in [0.717, 1.165) is 31.0 Å². The number of nitrogens with one attached hydrogen (secondary N) is 1. The normalized spacial score (nSPS) is 26.0. The number of ether oxygens (including phenoxy) is 2. The Balaban J connectivity index is 1.66. The van der Waals surface area contributed by atoms with E-state index in [1.165, 1.54) is 0 Å². The van der Waals surface area contributed by atoms with E-state index in [-0.39, 0.29) is 18.1 Å². The first-order chi connectivity index (χ1) is 11.1. The largest absolute Gasteiger partial charge is 0.490 e. The van der Waals surface area contributed by atoms with Gasteiger partial charge in [0.05, 0.1) is 23.6 Å². The third-order valence-corrected chi connectivity index (χ3v) is 5.71. The van der Waals surface area contributed by atoms with Gasteiger partial charge in [0.25, 0.3) is 5.91 Å². The Morgan fingerprint density at radius 3 is 3.09 bits per heavy atom. The highest BCUT2D eigenvalue weighted by atomic mass is 32.2. The summed E-state index contributed by atoms with van der Waals surface area (Å²) >= 11 is 1.76. The Hall–Kier alpha value is -1.40. The maximum atomic E-state index is 12.5. The number of thioether (sulfide) groups is 1. The molecule has 3 atom stereocenters. The average Bonchev–Trinajstić information content (AvgIpc) is 2.54. The van der Waals surface area contributed by atoms with Gasteiger partial charge in [0.15, 0.2) is 0 Å². The third-order valence-electron chi connectivity index (χ3n) is 4.54. The van der Waals surface area contributed by atoms with Gasteiger partial charge in [-0.2, -0.15) is 11.8 Å². The highest BCUT2D eigenvalue weighted by molar-refractivity contribution is 7.99. The lowest BCUT2D eigenvalue weighted by Crippen LogP contribution is -2.58. The molecule has 0 spiro atoms. The zero-order valence-electron chi connectivity index (χ0n) is 13.9. The first-order valence-electron chi connectivity index (χ1n) is 8.07. The molecule has 1 aromatic rings. The molecule has 2 aliphatic rings. The Morgan fingerprint density at radius 1 is 1.52 bits per heavy atom. The number of carbonyl (C=O) groups is 1. The molecule has 1 aliphatic heterocycles. The molecule has 0 radical (unpaired) electrons. The van der Waals surface area contributed by atoms with E-state index in [1.54, 1.807) is 11.8 Å². The van der Waals surface area contributed by atoms with Crippen molar-refractivity contribution in [1.82, 2.24) is 5.32 Å². The highest BCUT2D eigenvalue weighted by Gasteiger charge is 2.42. The maximum Gasteiger partial charge on any atom is 0.251 e. The second-order valence-corrected chi connectivity index (χ2v) is 6.98. The maximum absolute atomic E-state index is 12.5.